The lowest BCUT2D eigenvalue weighted by molar-refractivity contribution is 0.620. The summed E-state index contributed by atoms with van der Waals surface area (Å²) in [6, 6.07) is 64.9. The minimum absolute atomic E-state index is 0.556. The fourth-order valence-corrected chi connectivity index (χ4v) is 7.23. The van der Waals surface area contributed by atoms with Gasteiger partial charge in [0.15, 0.2) is 11.2 Å². The van der Waals surface area contributed by atoms with Gasteiger partial charge in [0, 0.05) is 39.5 Å². The molecule has 10 aromatic rings. The number of oxazole rings is 1. The summed E-state index contributed by atoms with van der Waals surface area (Å²) in [5.41, 5.74) is 9.68. The molecule has 10 rings (SSSR count). The van der Waals surface area contributed by atoms with Crippen LogP contribution in [0.2, 0.25) is 0 Å². The molecular weight excluding hydrogens is 639 g/mol. The second-order valence-electron chi connectivity index (χ2n) is 12.8. The van der Waals surface area contributed by atoms with Gasteiger partial charge in [-0.1, -0.05) is 115 Å². The van der Waals surface area contributed by atoms with Crippen molar-refractivity contribution in [1.82, 2.24) is 4.98 Å². The average molecular weight is 670 g/mol. The van der Waals surface area contributed by atoms with Gasteiger partial charge in [0.05, 0.1) is 17.1 Å². The molecule has 0 saturated heterocycles. The first-order valence-electron chi connectivity index (χ1n) is 17.4. The van der Waals surface area contributed by atoms with Crippen molar-refractivity contribution in [3.63, 3.8) is 0 Å². The van der Waals surface area contributed by atoms with E-state index < -0.39 is 0 Å². The standard InChI is InChI=1S/C47H31N3O2/c1-4-16-33(17-5-1)47-48-45-42(50(36-21-8-3-9-22-36)41-25-14-24-40-39-23-12-13-26-43(39)51-46(40)41)30-38(31-44(45)52-47)49(35-19-6-2-7-20-35)37-28-27-32-15-10-11-18-34(32)29-37/h1-31H. The van der Waals surface area contributed by atoms with Crippen LogP contribution in [0.1, 0.15) is 0 Å². The summed E-state index contributed by atoms with van der Waals surface area (Å²) in [6.45, 7) is 0. The van der Waals surface area contributed by atoms with Gasteiger partial charge >= 0.3 is 0 Å². The number of rotatable bonds is 7. The minimum atomic E-state index is 0.556. The average Bonchev–Trinajstić information content (AvgIpc) is 3.82. The molecule has 0 saturated carbocycles. The van der Waals surface area contributed by atoms with Crippen molar-refractivity contribution in [2.45, 2.75) is 0 Å². The number of fused-ring (bicyclic) bond motifs is 5. The Morgan fingerprint density at radius 2 is 1.04 bits per heavy atom. The molecule has 0 unspecified atom stereocenters. The van der Waals surface area contributed by atoms with Gasteiger partial charge in [-0.15, -0.1) is 0 Å². The van der Waals surface area contributed by atoms with Crippen molar-refractivity contribution in [3.05, 3.63) is 188 Å². The van der Waals surface area contributed by atoms with E-state index in [1.807, 2.05) is 54.6 Å². The predicted molar refractivity (Wildman–Crippen MR) is 214 cm³/mol. The maximum absolute atomic E-state index is 6.70. The Kier molecular flexibility index (Phi) is 7.07. The molecule has 8 aromatic carbocycles. The van der Waals surface area contributed by atoms with Gasteiger partial charge < -0.3 is 18.6 Å². The Morgan fingerprint density at radius 3 is 1.83 bits per heavy atom. The molecule has 2 aromatic heterocycles. The van der Waals surface area contributed by atoms with Crippen molar-refractivity contribution < 1.29 is 8.83 Å². The second kappa shape index (κ2) is 12.3. The molecule has 246 valence electrons. The van der Waals surface area contributed by atoms with E-state index in [0.717, 1.165) is 72.5 Å². The fraction of sp³-hybridized carbons (Fsp3) is 0. The van der Waals surface area contributed by atoms with Crippen molar-refractivity contribution in [1.29, 1.82) is 0 Å². The van der Waals surface area contributed by atoms with Crippen LogP contribution in [0.25, 0.3) is 55.3 Å². The van der Waals surface area contributed by atoms with Crippen molar-refractivity contribution in [2.24, 2.45) is 0 Å². The van der Waals surface area contributed by atoms with Crippen LogP contribution in [0.5, 0.6) is 0 Å². The molecule has 0 bridgehead atoms. The largest absolute Gasteiger partial charge is 0.454 e. The Balaban J connectivity index is 1.28. The first-order valence-corrected chi connectivity index (χ1v) is 17.4. The van der Waals surface area contributed by atoms with Crippen molar-refractivity contribution in [3.8, 4) is 11.5 Å². The lowest BCUT2D eigenvalue weighted by Gasteiger charge is -2.29. The highest BCUT2D eigenvalue weighted by Crippen LogP contribution is 2.47. The quantitative estimate of drug-likeness (QED) is 0.169. The zero-order valence-corrected chi connectivity index (χ0v) is 28.1. The molecule has 0 spiro atoms. The van der Waals surface area contributed by atoms with Crippen LogP contribution in [-0.2, 0) is 0 Å². The minimum Gasteiger partial charge on any atom is -0.454 e. The highest BCUT2D eigenvalue weighted by molar-refractivity contribution is 6.11. The van der Waals surface area contributed by atoms with E-state index in [9.17, 15) is 0 Å². The number of aromatic nitrogens is 1. The maximum Gasteiger partial charge on any atom is 0.227 e. The third-order valence-corrected chi connectivity index (χ3v) is 9.62. The van der Waals surface area contributed by atoms with Crippen LogP contribution in [0, 0.1) is 0 Å². The third kappa shape index (κ3) is 5.07. The SMILES string of the molecule is c1ccc(-c2nc3c(N(c4ccccc4)c4cccc5c4oc4ccccc45)cc(N(c4ccccc4)c4ccc5ccccc5c4)cc3o2)cc1. The van der Waals surface area contributed by atoms with Crippen LogP contribution in [0.15, 0.2) is 197 Å². The number of benzene rings is 8. The summed E-state index contributed by atoms with van der Waals surface area (Å²) in [4.78, 5) is 9.74. The van der Waals surface area contributed by atoms with Crippen LogP contribution >= 0.6 is 0 Å². The van der Waals surface area contributed by atoms with E-state index in [1.54, 1.807) is 0 Å². The molecule has 52 heavy (non-hydrogen) atoms. The van der Waals surface area contributed by atoms with Crippen LogP contribution in [0.3, 0.4) is 0 Å². The van der Waals surface area contributed by atoms with E-state index in [1.165, 1.54) is 5.39 Å². The zero-order valence-electron chi connectivity index (χ0n) is 28.1. The highest BCUT2D eigenvalue weighted by Gasteiger charge is 2.26. The van der Waals surface area contributed by atoms with E-state index >= 15 is 0 Å². The highest BCUT2D eigenvalue weighted by atomic mass is 16.3. The van der Waals surface area contributed by atoms with Gasteiger partial charge in [0.2, 0.25) is 5.89 Å². The summed E-state index contributed by atoms with van der Waals surface area (Å²) in [5.74, 6) is 0.556. The molecule has 0 N–H and O–H groups in total. The Morgan fingerprint density at radius 1 is 0.385 bits per heavy atom. The summed E-state index contributed by atoms with van der Waals surface area (Å²) in [5, 5.41) is 4.47. The van der Waals surface area contributed by atoms with Gasteiger partial charge in [0.1, 0.15) is 11.1 Å². The van der Waals surface area contributed by atoms with Gasteiger partial charge in [-0.05, 0) is 77.5 Å². The maximum atomic E-state index is 6.70. The van der Waals surface area contributed by atoms with Gasteiger partial charge in [0.25, 0.3) is 0 Å². The molecule has 0 atom stereocenters. The molecule has 0 fully saturated rings. The summed E-state index contributed by atoms with van der Waals surface area (Å²) in [6.07, 6.45) is 0. The molecule has 0 radical (unpaired) electrons. The van der Waals surface area contributed by atoms with Gasteiger partial charge in [-0.25, -0.2) is 4.98 Å². The normalized spacial score (nSPS) is 11.5. The number of nitrogens with zero attached hydrogens (tertiary/aromatic N) is 3. The lowest BCUT2D eigenvalue weighted by atomic mass is 10.1. The number of para-hydroxylation sites is 4. The van der Waals surface area contributed by atoms with E-state index in [4.69, 9.17) is 13.8 Å². The topological polar surface area (TPSA) is 45.7 Å². The van der Waals surface area contributed by atoms with Crippen LogP contribution in [0.4, 0.5) is 34.1 Å². The molecule has 0 aliphatic heterocycles. The Bertz CT molecular complexity index is 2860. The number of furan rings is 1. The summed E-state index contributed by atoms with van der Waals surface area (Å²) < 4.78 is 13.4. The molecule has 0 amide bonds. The molecule has 5 nitrogen and oxygen atoms in total. The molecule has 5 heteroatoms. The Labute approximate surface area is 300 Å². The molecule has 2 heterocycles. The van der Waals surface area contributed by atoms with Crippen LogP contribution in [-0.4, -0.2) is 4.98 Å². The number of hydrogen-bond acceptors (Lipinski definition) is 5. The lowest BCUT2D eigenvalue weighted by Crippen LogP contribution is -2.14. The molecular formula is C47H31N3O2. The van der Waals surface area contributed by atoms with E-state index in [2.05, 4.69) is 143 Å². The van der Waals surface area contributed by atoms with E-state index in [-0.39, 0.29) is 0 Å². The molecule has 0 aliphatic carbocycles. The zero-order chi connectivity index (χ0) is 34.4. The summed E-state index contributed by atoms with van der Waals surface area (Å²) >= 11 is 0. The fourth-order valence-electron chi connectivity index (χ4n) is 7.23. The third-order valence-electron chi connectivity index (χ3n) is 9.62. The predicted octanol–water partition coefficient (Wildman–Crippen LogP) is 13.5. The monoisotopic (exact) mass is 669 g/mol. The Hall–Kier alpha value is -7.11. The molecule has 0 aliphatic rings. The second-order valence-corrected chi connectivity index (χ2v) is 12.8. The first kappa shape index (κ1) is 29.8. The van der Waals surface area contributed by atoms with Gasteiger partial charge in [-0.3, -0.25) is 0 Å². The van der Waals surface area contributed by atoms with E-state index in [0.29, 0.717) is 11.5 Å². The number of anilines is 6. The first-order chi connectivity index (χ1) is 25.8. The van der Waals surface area contributed by atoms with Crippen molar-refractivity contribution in [2.75, 3.05) is 9.80 Å². The number of hydrogen-bond donors (Lipinski definition) is 0. The van der Waals surface area contributed by atoms with Crippen LogP contribution < -0.4 is 9.80 Å². The van der Waals surface area contributed by atoms with Crippen molar-refractivity contribution >= 4 is 77.9 Å². The summed E-state index contributed by atoms with van der Waals surface area (Å²) in [7, 11) is 0. The smallest absolute Gasteiger partial charge is 0.227 e. The van der Waals surface area contributed by atoms with Gasteiger partial charge in [-0.2, -0.15) is 0 Å².